The number of carbonyl (C=O) groups excluding carboxylic acids is 2. The fourth-order valence-corrected chi connectivity index (χ4v) is 4.37. The second-order valence-electron chi connectivity index (χ2n) is 8.20. The van der Waals surface area contributed by atoms with Crippen molar-refractivity contribution < 1.29 is 14.3 Å². The Morgan fingerprint density at radius 2 is 1.85 bits per heavy atom. The molecule has 172 valence electrons. The number of hydrogen-bond donors (Lipinski definition) is 2. The van der Waals surface area contributed by atoms with Crippen LogP contribution in [0.3, 0.4) is 0 Å². The lowest BCUT2D eigenvalue weighted by atomic mass is 10.0. The monoisotopic (exact) mass is 464 g/mol. The molecular weight excluding hydrogens is 436 g/mol. The van der Waals surface area contributed by atoms with Crippen molar-refractivity contribution in [2.75, 3.05) is 36.5 Å². The zero-order chi connectivity index (χ0) is 23.2. The first kappa shape index (κ1) is 22.9. The molecule has 0 atom stereocenters. The average molecular weight is 465 g/mol. The van der Waals surface area contributed by atoms with Crippen molar-refractivity contribution in [2.24, 2.45) is 0 Å². The molecule has 1 aliphatic heterocycles. The maximum absolute atomic E-state index is 12.8. The van der Waals surface area contributed by atoms with Gasteiger partial charge in [-0.2, -0.15) is 0 Å². The van der Waals surface area contributed by atoms with Crippen LogP contribution in [0, 0.1) is 0 Å². The molecule has 8 heteroatoms. The van der Waals surface area contributed by atoms with Gasteiger partial charge in [-0.3, -0.25) is 9.59 Å². The fourth-order valence-electron chi connectivity index (χ4n) is 3.59. The van der Waals surface area contributed by atoms with Crippen molar-refractivity contribution in [1.82, 2.24) is 10.3 Å². The van der Waals surface area contributed by atoms with Gasteiger partial charge in [-0.1, -0.05) is 26.0 Å². The Balaban J connectivity index is 1.37. The number of benzene rings is 1. The maximum Gasteiger partial charge on any atom is 0.256 e. The topological polar surface area (TPSA) is 83.6 Å². The van der Waals surface area contributed by atoms with Crippen LogP contribution in [-0.4, -0.2) is 43.1 Å². The van der Waals surface area contributed by atoms with Crippen molar-refractivity contribution >= 4 is 34.0 Å². The molecular formula is C25H28N4O3S. The number of pyridine rings is 1. The van der Waals surface area contributed by atoms with Crippen LogP contribution in [0.2, 0.25) is 0 Å². The fraction of sp³-hybridized carbons (Fsp3) is 0.320. The first-order valence-corrected chi connectivity index (χ1v) is 11.9. The van der Waals surface area contributed by atoms with Crippen LogP contribution in [0.25, 0.3) is 0 Å². The number of anilines is 2. The minimum atomic E-state index is -0.230. The standard InChI is InChI=1S/C25H28N4O3S/c1-17(2)19-3-5-20(6-4-19)23(30)28-25-21(8-14-33-25)24(31)27-16-18-7-9-26-22(15-18)29-10-12-32-13-11-29/h3-9,14-15,17H,10-13,16H2,1-2H3,(H,27,31)(H,28,30). The lowest BCUT2D eigenvalue weighted by molar-refractivity contribution is 0.0952. The highest BCUT2D eigenvalue weighted by molar-refractivity contribution is 7.14. The first-order chi connectivity index (χ1) is 16.0. The zero-order valence-corrected chi connectivity index (χ0v) is 19.7. The lowest BCUT2D eigenvalue weighted by Crippen LogP contribution is -2.36. The molecule has 0 bridgehead atoms. The van der Waals surface area contributed by atoms with Gasteiger partial charge in [0.15, 0.2) is 0 Å². The molecule has 0 radical (unpaired) electrons. The third-order valence-corrected chi connectivity index (χ3v) is 6.40. The van der Waals surface area contributed by atoms with E-state index >= 15 is 0 Å². The Morgan fingerprint density at radius 1 is 1.09 bits per heavy atom. The van der Waals surface area contributed by atoms with Gasteiger partial charge >= 0.3 is 0 Å². The van der Waals surface area contributed by atoms with E-state index in [2.05, 4.69) is 34.4 Å². The molecule has 7 nitrogen and oxygen atoms in total. The van der Waals surface area contributed by atoms with Gasteiger partial charge < -0.3 is 20.3 Å². The number of ether oxygens (including phenoxy) is 1. The van der Waals surface area contributed by atoms with Crippen molar-refractivity contribution in [3.8, 4) is 0 Å². The zero-order valence-electron chi connectivity index (χ0n) is 18.8. The van der Waals surface area contributed by atoms with Crippen LogP contribution in [0.5, 0.6) is 0 Å². The van der Waals surface area contributed by atoms with E-state index < -0.39 is 0 Å². The van der Waals surface area contributed by atoms with Gasteiger partial charge in [-0.25, -0.2) is 4.98 Å². The number of carbonyl (C=O) groups is 2. The summed E-state index contributed by atoms with van der Waals surface area (Å²) in [5, 5.41) is 8.16. The van der Waals surface area contributed by atoms with Crippen molar-refractivity contribution in [3.63, 3.8) is 0 Å². The number of morpholine rings is 1. The number of nitrogens with zero attached hydrogens (tertiary/aromatic N) is 2. The summed E-state index contributed by atoms with van der Waals surface area (Å²) in [4.78, 5) is 32.1. The second kappa shape index (κ2) is 10.6. The highest BCUT2D eigenvalue weighted by Crippen LogP contribution is 2.24. The third kappa shape index (κ3) is 5.77. The van der Waals surface area contributed by atoms with E-state index in [1.165, 1.54) is 16.9 Å². The van der Waals surface area contributed by atoms with Crippen LogP contribution in [0.4, 0.5) is 10.8 Å². The van der Waals surface area contributed by atoms with E-state index in [1.807, 2.05) is 36.4 Å². The highest BCUT2D eigenvalue weighted by atomic mass is 32.1. The first-order valence-electron chi connectivity index (χ1n) is 11.1. The largest absolute Gasteiger partial charge is 0.378 e. The highest BCUT2D eigenvalue weighted by Gasteiger charge is 2.17. The summed E-state index contributed by atoms with van der Waals surface area (Å²) in [7, 11) is 0. The summed E-state index contributed by atoms with van der Waals surface area (Å²) < 4.78 is 5.40. The molecule has 3 heterocycles. The van der Waals surface area contributed by atoms with Crippen LogP contribution < -0.4 is 15.5 Å². The van der Waals surface area contributed by atoms with Gasteiger partial charge in [0, 0.05) is 31.4 Å². The molecule has 1 fully saturated rings. The Kier molecular flexibility index (Phi) is 7.36. The Morgan fingerprint density at radius 3 is 2.58 bits per heavy atom. The lowest BCUT2D eigenvalue weighted by Gasteiger charge is -2.28. The van der Waals surface area contributed by atoms with Crippen LogP contribution in [0.15, 0.2) is 54.0 Å². The molecule has 0 aliphatic carbocycles. The van der Waals surface area contributed by atoms with E-state index in [1.54, 1.807) is 17.6 Å². The van der Waals surface area contributed by atoms with Gasteiger partial charge in [-0.15, -0.1) is 11.3 Å². The van der Waals surface area contributed by atoms with Crippen LogP contribution >= 0.6 is 11.3 Å². The number of amides is 2. The van der Waals surface area contributed by atoms with E-state index in [0.29, 0.717) is 41.8 Å². The number of rotatable bonds is 7. The normalized spacial score (nSPS) is 13.7. The number of nitrogens with one attached hydrogen (secondary N) is 2. The summed E-state index contributed by atoms with van der Waals surface area (Å²) in [6.45, 7) is 7.59. The molecule has 0 saturated carbocycles. The molecule has 1 aliphatic rings. The summed E-state index contributed by atoms with van der Waals surface area (Å²) in [6.07, 6.45) is 1.76. The summed E-state index contributed by atoms with van der Waals surface area (Å²) in [5.74, 6) is 0.828. The molecule has 1 saturated heterocycles. The molecule has 2 amide bonds. The van der Waals surface area contributed by atoms with Gasteiger partial charge in [0.25, 0.3) is 11.8 Å². The van der Waals surface area contributed by atoms with Gasteiger partial charge in [0.05, 0.1) is 18.8 Å². The number of aromatic nitrogens is 1. The predicted molar refractivity (Wildman–Crippen MR) is 131 cm³/mol. The van der Waals surface area contributed by atoms with Crippen LogP contribution in [-0.2, 0) is 11.3 Å². The quantitative estimate of drug-likeness (QED) is 0.545. The van der Waals surface area contributed by atoms with Crippen molar-refractivity contribution in [2.45, 2.75) is 26.3 Å². The second-order valence-corrected chi connectivity index (χ2v) is 9.11. The Bertz CT molecular complexity index is 1100. The third-order valence-electron chi connectivity index (χ3n) is 5.57. The molecule has 33 heavy (non-hydrogen) atoms. The summed E-state index contributed by atoms with van der Waals surface area (Å²) in [5.41, 5.74) is 3.16. The molecule has 0 unspecified atom stereocenters. The molecule has 1 aromatic carbocycles. The summed E-state index contributed by atoms with van der Waals surface area (Å²) in [6, 6.07) is 13.2. The predicted octanol–water partition coefficient (Wildman–Crippen LogP) is 4.29. The maximum atomic E-state index is 12.8. The van der Waals surface area contributed by atoms with Crippen molar-refractivity contribution in [1.29, 1.82) is 0 Å². The molecule has 2 aromatic heterocycles. The Hall–Kier alpha value is -3.23. The van der Waals surface area contributed by atoms with Gasteiger partial charge in [0.1, 0.15) is 10.8 Å². The van der Waals surface area contributed by atoms with Crippen LogP contribution in [0.1, 0.15) is 51.6 Å². The molecule has 2 N–H and O–H groups in total. The Labute approximate surface area is 197 Å². The van der Waals surface area contributed by atoms with Gasteiger partial charge in [-0.05, 0) is 52.8 Å². The molecule has 3 aromatic rings. The van der Waals surface area contributed by atoms with Gasteiger partial charge in [0.2, 0.25) is 0 Å². The van der Waals surface area contributed by atoms with E-state index in [9.17, 15) is 9.59 Å². The minimum Gasteiger partial charge on any atom is -0.378 e. The molecule has 0 spiro atoms. The van der Waals surface area contributed by atoms with Crippen molar-refractivity contribution in [3.05, 3.63) is 76.3 Å². The smallest absolute Gasteiger partial charge is 0.256 e. The van der Waals surface area contributed by atoms with E-state index in [0.717, 1.165) is 24.5 Å². The molecule has 4 rings (SSSR count). The number of hydrogen-bond acceptors (Lipinski definition) is 6. The SMILES string of the molecule is CC(C)c1ccc(C(=O)Nc2sccc2C(=O)NCc2ccnc(N3CCOCC3)c2)cc1. The number of thiophene rings is 1. The average Bonchev–Trinajstić information content (AvgIpc) is 3.31. The summed E-state index contributed by atoms with van der Waals surface area (Å²) >= 11 is 1.33. The van der Waals surface area contributed by atoms with E-state index in [4.69, 9.17) is 4.74 Å². The minimum absolute atomic E-state index is 0.230. The van der Waals surface area contributed by atoms with E-state index in [-0.39, 0.29) is 11.8 Å².